The third kappa shape index (κ3) is 2.63. The fourth-order valence-corrected chi connectivity index (χ4v) is 11.6. The van der Waals surface area contributed by atoms with E-state index in [0.29, 0.717) is 27.6 Å². The second-order valence-corrected chi connectivity index (χ2v) is 14.9. The quantitative estimate of drug-likeness (QED) is 0.349. The Balaban J connectivity index is 2.41. The van der Waals surface area contributed by atoms with Crippen molar-refractivity contribution >= 4 is 0 Å². The molecule has 0 N–H and O–H groups in total. The van der Waals surface area contributed by atoms with Crippen molar-refractivity contribution in [3.63, 3.8) is 0 Å². The summed E-state index contributed by atoms with van der Waals surface area (Å²) in [5, 5.41) is 0. The highest BCUT2D eigenvalue weighted by Crippen LogP contribution is 2.82. The molecule has 0 nitrogen and oxygen atoms in total. The van der Waals surface area contributed by atoms with Crippen LogP contribution in [-0.4, -0.2) is 0 Å². The fourth-order valence-electron chi connectivity index (χ4n) is 11.6. The second kappa shape index (κ2) is 7.75. The molecule has 0 heterocycles. The SMILES string of the molecule is CC1C(C)C(C)C(C)C2(C)C(C)C(C)[C@@]3(C)C(C)C(C)[C@@](C)(C(C)C(C)C1C)[C@@]3(C)C2C. The molecule has 188 valence electrons. The predicted molar refractivity (Wildman–Crippen MR) is 142 cm³/mol. The maximum absolute atomic E-state index is 2.79. The summed E-state index contributed by atoms with van der Waals surface area (Å²) in [5.74, 6) is 9.00. The summed E-state index contributed by atoms with van der Waals surface area (Å²) in [5.41, 5.74) is 1.42. The highest BCUT2D eigenvalue weighted by atomic mass is 14.8. The second-order valence-electron chi connectivity index (χ2n) is 14.9. The van der Waals surface area contributed by atoms with Crippen molar-refractivity contribution < 1.29 is 0 Å². The minimum Gasteiger partial charge on any atom is -0.0620 e. The summed E-state index contributed by atoms with van der Waals surface area (Å²) >= 11 is 0. The van der Waals surface area contributed by atoms with E-state index in [1.54, 1.807) is 0 Å². The van der Waals surface area contributed by atoms with Crippen molar-refractivity contribution in [2.45, 2.75) is 111 Å². The van der Waals surface area contributed by atoms with Crippen LogP contribution < -0.4 is 0 Å². The van der Waals surface area contributed by atoms with Crippen molar-refractivity contribution in [3.8, 4) is 0 Å². The van der Waals surface area contributed by atoms with E-state index in [0.717, 1.165) is 65.1 Å². The minimum atomic E-state index is 0.331. The standard InChI is InChI=1S/C32H60/c1-17-18(2)20(4)22(6)29(13)24(8)25(9)31(15)27(11)26(10)30(14,32(31,16)28(29)12)23(7)21(5)19(17)3/h17-28H,1-16H3/t17?,18?,19?,20?,21?,22?,23?,24?,25?,26?,27?,28?,29?,30-,31+,32-/m1/s1. The third-order valence-electron chi connectivity index (χ3n) is 16.2. The molecule has 0 aromatic carbocycles. The van der Waals surface area contributed by atoms with E-state index in [4.69, 9.17) is 0 Å². The average molecular weight is 445 g/mol. The molecule has 0 radical (unpaired) electrons. The van der Waals surface area contributed by atoms with E-state index in [1.165, 1.54) is 0 Å². The Bertz CT molecular complexity index is 709. The summed E-state index contributed by atoms with van der Waals surface area (Å²) in [6, 6.07) is 0. The van der Waals surface area contributed by atoms with Gasteiger partial charge in [-0.3, -0.25) is 0 Å². The predicted octanol–water partition coefficient (Wildman–Crippen LogP) is 9.69. The molecule has 0 amide bonds. The van der Waals surface area contributed by atoms with Crippen LogP contribution in [0.4, 0.5) is 0 Å². The molecule has 32 heavy (non-hydrogen) atoms. The molecule has 3 fully saturated rings. The van der Waals surface area contributed by atoms with Gasteiger partial charge in [-0.1, -0.05) is 111 Å². The van der Waals surface area contributed by atoms with E-state index in [9.17, 15) is 0 Å². The monoisotopic (exact) mass is 444 g/mol. The van der Waals surface area contributed by atoms with Crippen molar-refractivity contribution in [2.24, 2.45) is 92.7 Å². The Labute approximate surface area is 203 Å². The number of hydrogen-bond acceptors (Lipinski definition) is 0. The summed E-state index contributed by atoms with van der Waals surface area (Å²) < 4.78 is 0. The molecule has 3 saturated carbocycles. The third-order valence-corrected chi connectivity index (χ3v) is 16.2. The van der Waals surface area contributed by atoms with Gasteiger partial charge in [-0.25, -0.2) is 0 Å². The van der Waals surface area contributed by atoms with Crippen LogP contribution in [0.25, 0.3) is 0 Å². The highest BCUT2D eigenvalue weighted by Gasteiger charge is 2.77. The topological polar surface area (TPSA) is 0 Å². The molecule has 13 unspecified atom stereocenters. The lowest BCUT2D eigenvalue weighted by Crippen LogP contribution is -2.66. The van der Waals surface area contributed by atoms with Crippen LogP contribution in [0.5, 0.6) is 0 Å². The fraction of sp³-hybridized carbons (Fsp3) is 1.00. The normalized spacial score (nSPS) is 66.0. The van der Waals surface area contributed by atoms with Gasteiger partial charge in [0.25, 0.3) is 0 Å². The van der Waals surface area contributed by atoms with Gasteiger partial charge in [0, 0.05) is 0 Å². The summed E-state index contributed by atoms with van der Waals surface area (Å²) in [7, 11) is 0. The van der Waals surface area contributed by atoms with E-state index in [-0.39, 0.29) is 0 Å². The van der Waals surface area contributed by atoms with Gasteiger partial charge in [0.1, 0.15) is 0 Å². The number of hydrogen-bond donors (Lipinski definition) is 0. The summed E-state index contributed by atoms with van der Waals surface area (Å²) in [4.78, 5) is 0. The van der Waals surface area contributed by atoms with Crippen LogP contribution in [-0.2, 0) is 0 Å². The molecule has 3 aliphatic rings. The van der Waals surface area contributed by atoms with Crippen LogP contribution >= 0.6 is 0 Å². The van der Waals surface area contributed by atoms with Gasteiger partial charge in [0.05, 0.1) is 0 Å². The Morgan fingerprint density at radius 2 is 0.656 bits per heavy atom. The molecule has 0 aliphatic heterocycles. The lowest BCUT2D eigenvalue weighted by molar-refractivity contribution is -0.233. The first-order valence-electron chi connectivity index (χ1n) is 14.4. The molecular formula is C32H60. The molecule has 0 saturated heterocycles. The molecule has 3 rings (SSSR count). The molecule has 0 aromatic rings. The zero-order valence-corrected chi connectivity index (χ0v) is 24.9. The minimum absolute atomic E-state index is 0.331. The van der Waals surface area contributed by atoms with E-state index in [1.807, 2.05) is 0 Å². The number of rotatable bonds is 0. The molecule has 3 aliphatic carbocycles. The van der Waals surface area contributed by atoms with Crippen LogP contribution in [0.1, 0.15) is 111 Å². The molecule has 0 spiro atoms. The first-order valence-corrected chi connectivity index (χ1v) is 14.4. The zero-order valence-electron chi connectivity index (χ0n) is 24.9. The molecular weight excluding hydrogens is 384 g/mol. The Morgan fingerprint density at radius 3 is 1.09 bits per heavy atom. The van der Waals surface area contributed by atoms with Crippen LogP contribution in [0.15, 0.2) is 0 Å². The van der Waals surface area contributed by atoms with Gasteiger partial charge in [0.2, 0.25) is 0 Å². The maximum Gasteiger partial charge on any atom is -0.0176 e. The van der Waals surface area contributed by atoms with Crippen LogP contribution in [0.2, 0.25) is 0 Å². The van der Waals surface area contributed by atoms with Crippen molar-refractivity contribution in [1.29, 1.82) is 0 Å². The van der Waals surface area contributed by atoms with E-state index >= 15 is 0 Å². The van der Waals surface area contributed by atoms with Gasteiger partial charge in [-0.15, -0.1) is 0 Å². The molecule has 0 heteroatoms. The molecule has 0 aromatic heterocycles. The molecule has 16 atom stereocenters. The Hall–Kier alpha value is 0. The van der Waals surface area contributed by atoms with Gasteiger partial charge in [-0.2, -0.15) is 0 Å². The average Bonchev–Trinajstić information content (AvgIpc) is 2.90. The Kier molecular flexibility index (Phi) is 6.44. The van der Waals surface area contributed by atoms with Crippen LogP contribution in [0.3, 0.4) is 0 Å². The van der Waals surface area contributed by atoms with Gasteiger partial charge in [0.15, 0.2) is 0 Å². The van der Waals surface area contributed by atoms with E-state index in [2.05, 4.69) is 111 Å². The highest BCUT2D eigenvalue weighted by molar-refractivity contribution is 5.24. The lowest BCUT2D eigenvalue weighted by Gasteiger charge is -2.70. The first kappa shape index (κ1) is 26.6. The van der Waals surface area contributed by atoms with Gasteiger partial charge < -0.3 is 0 Å². The largest absolute Gasteiger partial charge is 0.0620 e. The van der Waals surface area contributed by atoms with Gasteiger partial charge >= 0.3 is 0 Å². The maximum atomic E-state index is 2.79. The van der Waals surface area contributed by atoms with Gasteiger partial charge in [-0.05, 0) is 92.7 Å². The molecule has 2 bridgehead atoms. The summed E-state index contributed by atoms with van der Waals surface area (Å²) in [6.45, 7) is 42.6. The zero-order chi connectivity index (χ0) is 24.9. The van der Waals surface area contributed by atoms with Crippen molar-refractivity contribution in [3.05, 3.63) is 0 Å². The Morgan fingerprint density at radius 1 is 0.344 bits per heavy atom. The lowest BCUT2D eigenvalue weighted by atomic mass is 9.34. The smallest absolute Gasteiger partial charge is 0.0176 e. The van der Waals surface area contributed by atoms with E-state index < -0.39 is 0 Å². The van der Waals surface area contributed by atoms with Crippen LogP contribution in [0, 0.1) is 92.7 Å². The first-order chi connectivity index (χ1) is 14.4. The van der Waals surface area contributed by atoms with Crippen molar-refractivity contribution in [2.75, 3.05) is 0 Å². The van der Waals surface area contributed by atoms with Crippen molar-refractivity contribution in [1.82, 2.24) is 0 Å². The summed E-state index contributed by atoms with van der Waals surface area (Å²) in [6.07, 6.45) is 0. The number of fused-ring (bicyclic) bond motifs is 1.